The number of thioether (sulfide) groups is 1. The van der Waals surface area contributed by atoms with Crippen LogP contribution in [0, 0.1) is 12.8 Å². The number of carbonyl (C=O) groups excluding carboxylic acids is 3. The lowest BCUT2D eigenvalue weighted by molar-refractivity contribution is -0.126. The van der Waals surface area contributed by atoms with E-state index < -0.39 is 17.1 Å². The van der Waals surface area contributed by atoms with Gasteiger partial charge in [-0.2, -0.15) is 0 Å². The second-order valence-corrected chi connectivity index (χ2v) is 12.4. The van der Waals surface area contributed by atoms with Gasteiger partial charge in [-0.15, -0.1) is 0 Å². The molecule has 1 aromatic heterocycles. The number of aryl methyl sites for hydroxylation is 1. The minimum Gasteiger partial charge on any atom is -0.325 e. The van der Waals surface area contributed by atoms with Gasteiger partial charge in [0.05, 0.1) is 10.9 Å². The van der Waals surface area contributed by atoms with E-state index in [0.717, 1.165) is 32.9 Å². The summed E-state index contributed by atoms with van der Waals surface area (Å²) in [6.07, 6.45) is 0. The zero-order valence-corrected chi connectivity index (χ0v) is 22.1. The van der Waals surface area contributed by atoms with E-state index >= 15 is 0 Å². The van der Waals surface area contributed by atoms with E-state index in [1.54, 1.807) is 0 Å². The molecule has 36 heavy (non-hydrogen) atoms. The predicted octanol–water partition coefficient (Wildman–Crippen LogP) is 4.03. The number of thiazole rings is 1. The molecule has 0 aliphatic carbocycles. The summed E-state index contributed by atoms with van der Waals surface area (Å²) in [6, 6.07) is 15.5. The third-order valence-corrected chi connectivity index (χ3v) is 9.28. The number of amides is 3. The molecule has 0 radical (unpaired) electrons. The average molecular weight is 522 g/mol. The van der Waals surface area contributed by atoms with Gasteiger partial charge in [-0.25, -0.2) is 0 Å². The normalized spacial score (nSPS) is 21.1. The number of carbonyl (C=O) groups is 3. The average Bonchev–Trinajstić information content (AvgIpc) is 3.28. The number of rotatable bonds is 4. The van der Waals surface area contributed by atoms with Crippen molar-refractivity contribution in [2.75, 3.05) is 5.32 Å². The monoisotopic (exact) mass is 521 g/mol. The molecule has 3 amide bonds. The van der Waals surface area contributed by atoms with Crippen molar-refractivity contribution >= 4 is 46.5 Å². The minimum absolute atomic E-state index is 0.0334. The van der Waals surface area contributed by atoms with Crippen LogP contribution in [0.3, 0.4) is 0 Å². The molecule has 2 aliphatic rings. The smallest absolute Gasteiger partial charge is 0.308 e. The molecule has 9 heteroatoms. The van der Waals surface area contributed by atoms with Crippen LogP contribution in [0.2, 0.25) is 0 Å². The quantitative estimate of drug-likeness (QED) is 0.505. The Labute approximate surface area is 217 Å². The van der Waals surface area contributed by atoms with Crippen LogP contribution >= 0.6 is 23.1 Å². The highest BCUT2D eigenvalue weighted by Gasteiger charge is 2.52. The summed E-state index contributed by atoms with van der Waals surface area (Å²) in [4.78, 5) is 51.9. The van der Waals surface area contributed by atoms with Gasteiger partial charge in [-0.1, -0.05) is 85.8 Å². The summed E-state index contributed by atoms with van der Waals surface area (Å²) in [5, 5.41) is 5.23. The molecule has 3 atom stereocenters. The highest BCUT2D eigenvalue weighted by atomic mass is 32.2. The Balaban J connectivity index is 1.52. The number of hydrogen-bond acceptors (Lipinski definition) is 6. The Hall–Kier alpha value is -3.17. The van der Waals surface area contributed by atoms with E-state index in [4.69, 9.17) is 0 Å². The van der Waals surface area contributed by atoms with Gasteiger partial charge in [0.25, 0.3) is 0 Å². The number of nitrogens with zero attached hydrogens (tertiary/aromatic N) is 1. The Morgan fingerprint density at radius 1 is 1.00 bits per heavy atom. The van der Waals surface area contributed by atoms with E-state index in [1.807, 2.05) is 55.5 Å². The third kappa shape index (κ3) is 4.41. The van der Waals surface area contributed by atoms with Crippen molar-refractivity contribution in [1.29, 1.82) is 0 Å². The maximum absolute atomic E-state index is 13.1. The van der Waals surface area contributed by atoms with Crippen molar-refractivity contribution in [1.82, 2.24) is 9.88 Å². The van der Waals surface area contributed by atoms with E-state index in [1.165, 1.54) is 16.3 Å². The number of nitrogens with one attached hydrogen (secondary N) is 2. The molecule has 3 aromatic rings. The first kappa shape index (κ1) is 24.5. The Morgan fingerprint density at radius 3 is 2.31 bits per heavy atom. The largest absolute Gasteiger partial charge is 0.325 e. The number of aromatic nitrogens is 1. The lowest BCUT2D eigenvalue weighted by Gasteiger charge is -2.31. The molecule has 186 valence electrons. The van der Waals surface area contributed by atoms with Crippen molar-refractivity contribution in [3.8, 4) is 0 Å². The summed E-state index contributed by atoms with van der Waals surface area (Å²) < 4.78 is 1.43. The molecule has 1 saturated heterocycles. The molecule has 0 saturated carbocycles. The first-order valence-electron chi connectivity index (χ1n) is 11.7. The summed E-state index contributed by atoms with van der Waals surface area (Å²) in [5.41, 5.74) is 3.72. The lowest BCUT2D eigenvalue weighted by atomic mass is 9.81. The predicted molar refractivity (Wildman–Crippen MR) is 142 cm³/mol. The van der Waals surface area contributed by atoms with Crippen molar-refractivity contribution in [2.24, 2.45) is 5.92 Å². The fourth-order valence-corrected chi connectivity index (χ4v) is 7.45. The second-order valence-electron chi connectivity index (χ2n) is 10.3. The van der Waals surface area contributed by atoms with Gasteiger partial charge >= 0.3 is 4.87 Å². The summed E-state index contributed by atoms with van der Waals surface area (Å²) in [6.45, 7) is 8.18. The molecule has 1 fully saturated rings. The van der Waals surface area contributed by atoms with Gasteiger partial charge in [0.1, 0.15) is 11.8 Å². The van der Waals surface area contributed by atoms with Crippen LogP contribution in [0.1, 0.15) is 48.3 Å². The fraction of sp³-hybridized carbons (Fsp3) is 0.333. The highest BCUT2D eigenvalue weighted by Crippen LogP contribution is 2.51. The summed E-state index contributed by atoms with van der Waals surface area (Å²) >= 11 is 2.25. The number of hydrogen-bond donors (Lipinski definition) is 2. The molecule has 2 aliphatic heterocycles. The zero-order chi connectivity index (χ0) is 25.8. The van der Waals surface area contributed by atoms with Crippen LogP contribution in [0.15, 0.2) is 58.4 Å². The molecule has 3 heterocycles. The number of anilines is 1. The minimum atomic E-state index is -0.655. The van der Waals surface area contributed by atoms with Crippen LogP contribution in [0.25, 0.3) is 0 Å². The van der Waals surface area contributed by atoms with Crippen molar-refractivity contribution in [3.05, 3.63) is 79.8 Å². The van der Waals surface area contributed by atoms with Crippen molar-refractivity contribution in [3.63, 3.8) is 0 Å². The zero-order valence-electron chi connectivity index (χ0n) is 20.5. The maximum Gasteiger partial charge on any atom is 0.308 e. The Bertz CT molecular complexity index is 1420. The van der Waals surface area contributed by atoms with E-state index in [-0.39, 0.29) is 34.6 Å². The van der Waals surface area contributed by atoms with Crippen LogP contribution in [-0.4, -0.2) is 27.5 Å². The van der Waals surface area contributed by atoms with E-state index in [2.05, 4.69) is 31.4 Å². The first-order valence-corrected chi connectivity index (χ1v) is 13.4. The number of benzene rings is 2. The fourth-order valence-electron chi connectivity index (χ4n) is 4.71. The molecule has 7 nitrogen and oxygen atoms in total. The van der Waals surface area contributed by atoms with Gasteiger partial charge < -0.3 is 5.32 Å². The van der Waals surface area contributed by atoms with E-state index in [0.29, 0.717) is 10.7 Å². The number of imide groups is 1. The van der Waals surface area contributed by atoms with Crippen LogP contribution in [0.5, 0.6) is 0 Å². The molecule has 5 rings (SSSR count). The third-order valence-electron chi connectivity index (χ3n) is 6.66. The van der Waals surface area contributed by atoms with E-state index in [9.17, 15) is 19.2 Å². The van der Waals surface area contributed by atoms with Crippen LogP contribution < -0.4 is 15.5 Å². The topological polar surface area (TPSA) is 97.3 Å². The van der Waals surface area contributed by atoms with Crippen LogP contribution in [0.4, 0.5) is 5.69 Å². The van der Waals surface area contributed by atoms with Gasteiger partial charge in [0, 0.05) is 16.5 Å². The molecule has 0 bridgehead atoms. The molecule has 2 aromatic carbocycles. The molecule has 2 N–H and O–H groups in total. The first-order chi connectivity index (χ1) is 17.0. The molecular weight excluding hydrogens is 494 g/mol. The van der Waals surface area contributed by atoms with Crippen molar-refractivity contribution in [2.45, 2.75) is 55.8 Å². The molecule has 0 spiro atoms. The van der Waals surface area contributed by atoms with Gasteiger partial charge in [0.15, 0.2) is 0 Å². The standard InChI is InChI=1S/C27H27N3O4S2/c1-14-5-11-17(12-6-14)28-18(31)13-30-25-22(36-26(30)34)19(20-21(35-25)24(33)29-23(20)32)15-7-9-16(10-8-15)27(2,3)4/h5-12,19-21H,13H2,1-4H3,(H,28,31)(H,29,32,33)/t19-,20?,21?/m0/s1. The van der Waals surface area contributed by atoms with Crippen LogP contribution in [-0.2, 0) is 26.3 Å². The van der Waals surface area contributed by atoms with Crippen molar-refractivity contribution < 1.29 is 14.4 Å². The molecular formula is C27H27N3O4S2. The highest BCUT2D eigenvalue weighted by molar-refractivity contribution is 8.00. The van der Waals surface area contributed by atoms with Gasteiger partial charge in [0.2, 0.25) is 17.7 Å². The SMILES string of the molecule is Cc1ccc(NC(=O)Cn2c3c(sc2=O)[C@@H](c2ccc(C(C)(C)C)cc2)C2C(=O)NC(=O)C2S3)cc1. The second kappa shape index (κ2) is 9.05. The van der Waals surface area contributed by atoms with Gasteiger partial charge in [-0.3, -0.25) is 29.1 Å². The Morgan fingerprint density at radius 2 is 1.67 bits per heavy atom. The number of fused-ring (bicyclic) bond motifs is 2. The Kier molecular flexibility index (Phi) is 6.16. The molecule has 2 unspecified atom stereocenters. The summed E-state index contributed by atoms with van der Waals surface area (Å²) in [7, 11) is 0. The lowest BCUT2D eigenvalue weighted by Crippen LogP contribution is -2.32. The summed E-state index contributed by atoms with van der Waals surface area (Å²) in [5.74, 6) is -2.06. The van der Waals surface area contributed by atoms with Gasteiger partial charge in [-0.05, 0) is 35.6 Å². The maximum atomic E-state index is 13.1.